The zero-order chi connectivity index (χ0) is 14.4. The zero-order valence-corrected chi connectivity index (χ0v) is 11.7. The van der Waals surface area contributed by atoms with Crippen LogP contribution in [0.3, 0.4) is 0 Å². The number of thiol groups is 1. The molecule has 2 aromatic heterocycles. The molecule has 0 amide bonds. The molecule has 0 atom stereocenters. The number of aromatic nitrogens is 5. The first-order chi connectivity index (χ1) is 8.93. The highest BCUT2D eigenvalue weighted by Crippen LogP contribution is 1.88. The van der Waals surface area contributed by atoms with E-state index >= 15 is 0 Å². The van der Waals surface area contributed by atoms with Crippen molar-refractivity contribution in [3.05, 3.63) is 58.0 Å². The predicted molar refractivity (Wildman–Crippen MR) is 73.6 cm³/mol. The molecule has 0 aromatic carbocycles. The van der Waals surface area contributed by atoms with Gasteiger partial charge in [-0.3, -0.25) is 19.6 Å². The summed E-state index contributed by atoms with van der Waals surface area (Å²) in [6.45, 7) is 0. The van der Waals surface area contributed by atoms with Crippen LogP contribution >= 0.6 is 28.6 Å². The molecule has 0 spiro atoms. The molecule has 0 aliphatic heterocycles. The highest BCUT2D eigenvalue weighted by atomic mass is 79.9. The second kappa shape index (κ2) is 6.89. The Labute approximate surface area is 118 Å². The maximum atomic E-state index is 10.7. The van der Waals surface area contributed by atoms with Crippen molar-refractivity contribution in [3.63, 3.8) is 0 Å². The molecular weight excluding hydrogens is 342 g/mol. The van der Waals surface area contributed by atoms with Gasteiger partial charge in [-0.25, -0.2) is 14.7 Å². The lowest BCUT2D eigenvalue weighted by Gasteiger charge is -1.89. The van der Waals surface area contributed by atoms with Crippen LogP contribution in [0.25, 0.3) is 0 Å². The fourth-order valence-corrected chi connectivity index (χ4v) is 1.31. The minimum absolute atomic E-state index is 0.0714. The van der Waals surface area contributed by atoms with E-state index in [1.165, 1.54) is 6.20 Å². The summed E-state index contributed by atoms with van der Waals surface area (Å²) in [5.74, 6) is 0.326. The molecule has 102 valence electrons. The van der Waals surface area contributed by atoms with Crippen LogP contribution in [0.15, 0.2) is 30.0 Å². The number of aromatic amines is 4. The molecule has 0 aliphatic carbocycles. The van der Waals surface area contributed by atoms with Crippen molar-refractivity contribution in [3.8, 4) is 0 Å². The van der Waals surface area contributed by atoms with Crippen molar-refractivity contribution in [2.24, 2.45) is 0 Å². The van der Waals surface area contributed by atoms with Gasteiger partial charge in [0.2, 0.25) is 0 Å². The van der Waals surface area contributed by atoms with Gasteiger partial charge in [-0.15, -0.1) is 0 Å². The fourth-order valence-electron chi connectivity index (χ4n) is 0.888. The third-order valence-electron chi connectivity index (χ3n) is 1.74. The van der Waals surface area contributed by atoms with Gasteiger partial charge in [-0.2, -0.15) is 17.7 Å². The van der Waals surface area contributed by atoms with E-state index in [1.807, 2.05) is 10.1 Å². The maximum absolute atomic E-state index is 10.7. The van der Waals surface area contributed by atoms with Crippen molar-refractivity contribution < 1.29 is 0 Å². The Hall–Kier alpha value is -1.88. The summed E-state index contributed by atoms with van der Waals surface area (Å²) in [6, 6.07) is 0. The molecule has 0 saturated heterocycles. The summed E-state index contributed by atoms with van der Waals surface area (Å²) < 4.78 is 0.0714. The van der Waals surface area contributed by atoms with Gasteiger partial charge in [0.25, 0.3) is 11.1 Å². The highest BCUT2D eigenvalue weighted by Gasteiger charge is 1.94. The second-order valence-electron chi connectivity index (χ2n) is 3.05. The second-order valence-corrected chi connectivity index (χ2v) is 4.12. The van der Waals surface area contributed by atoms with Gasteiger partial charge in [0, 0.05) is 17.5 Å². The van der Waals surface area contributed by atoms with Crippen molar-refractivity contribution in [1.82, 2.24) is 25.1 Å². The quantitative estimate of drug-likeness (QED) is 0.407. The molecule has 0 saturated carbocycles. The Morgan fingerprint density at radius 2 is 1.74 bits per heavy atom. The largest absolute Gasteiger partial charge is 0.342 e. The molecule has 0 aliphatic rings. The molecule has 0 bridgehead atoms. The van der Waals surface area contributed by atoms with Gasteiger partial charge in [-0.1, -0.05) is 0 Å². The predicted octanol–water partition coefficient (Wildman–Crippen LogP) is -1.29. The number of nitrogens with one attached hydrogen (secondary N) is 4. The van der Waals surface area contributed by atoms with Gasteiger partial charge >= 0.3 is 11.4 Å². The van der Waals surface area contributed by atoms with Crippen molar-refractivity contribution in [2.75, 3.05) is 0 Å². The van der Waals surface area contributed by atoms with Crippen LogP contribution < -0.4 is 22.5 Å². The van der Waals surface area contributed by atoms with Crippen LogP contribution in [0.5, 0.6) is 0 Å². The van der Waals surface area contributed by atoms with E-state index in [1.54, 1.807) is 0 Å². The summed E-state index contributed by atoms with van der Waals surface area (Å²) >= 11 is 6.68. The highest BCUT2D eigenvalue weighted by molar-refractivity contribution is 9.10. The van der Waals surface area contributed by atoms with Crippen LogP contribution in [-0.4, -0.2) is 25.1 Å². The van der Waals surface area contributed by atoms with Crippen molar-refractivity contribution >= 4 is 28.6 Å². The molecule has 11 heteroatoms. The number of H-pyrrole nitrogens is 4. The van der Waals surface area contributed by atoms with E-state index in [2.05, 4.69) is 43.6 Å². The first kappa shape index (κ1) is 15.2. The number of halogens is 1. The third kappa shape index (κ3) is 4.71. The lowest BCUT2D eigenvalue weighted by Crippen LogP contribution is -2.23. The van der Waals surface area contributed by atoms with E-state index in [9.17, 15) is 19.2 Å². The molecule has 2 aromatic rings. The number of nitrogens with zero attached hydrogens (tertiary/aromatic N) is 1. The Bertz CT molecular complexity index is 776. The molecule has 19 heavy (non-hydrogen) atoms. The lowest BCUT2D eigenvalue weighted by atomic mass is 10.4. The summed E-state index contributed by atoms with van der Waals surface area (Å²) in [5.41, 5.74) is -1.54. The Morgan fingerprint density at radius 3 is 2.21 bits per heavy atom. The molecular formula is C8H8BrN5O4S. The van der Waals surface area contributed by atoms with Crippen molar-refractivity contribution in [2.45, 2.75) is 5.75 Å². The Balaban J connectivity index is 0.000000191. The lowest BCUT2D eigenvalue weighted by molar-refractivity contribution is 0.868. The number of rotatable bonds is 1. The van der Waals surface area contributed by atoms with Gasteiger partial charge < -0.3 is 4.98 Å². The standard InChI is InChI=1S/C5H6N2O2S.C3H2BrN3O2/c8-4-3(2-10)1-6-5(9)7-4;4-1-2(8)5-3(9)7-6-1/h1,10H,2H2,(H2,6,7,8,9);(H2,5,7,8,9). The molecule has 0 fully saturated rings. The van der Waals surface area contributed by atoms with E-state index in [0.717, 1.165) is 0 Å². The topological polar surface area (TPSA) is 144 Å². The summed E-state index contributed by atoms with van der Waals surface area (Å²) in [4.78, 5) is 48.2. The molecule has 0 radical (unpaired) electrons. The smallest absolute Gasteiger partial charge is 0.314 e. The Kier molecular flexibility index (Phi) is 5.51. The number of hydrogen-bond donors (Lipinski definition) is 5. The van der Waals surface area contributed by atoms with Crippen LogP contribution in [0.4, 0.5) is 0 Å². The number of hydrogen-bond acceptors (Lipinski definition) is 6. The van der Waals surface area contributed by atoms with Crippen LogP contribution in [0.1, 0.15) is 5.56 Å². The normalized spacial score (nSPS) is 9.58. The molecule has 4 N–H and O–H groups in total. The average molecular weight is 350 g/mol. The minimum Gasteiger partial charge on any atom is -0.314 e. The molecule has 2 heterocycles. The van der Waals surface area contributed by atoms with Gasteiger partial charge in [0.1, 0.15) is 0 Å². The van der Waals surface area contributed by atoms with E-state index in [-0.39, 0.29) is 10.2 Å². The van der Waals surface area contributed by atoms with Crippen LogP contribution in [0.2, 0.25) is 0 Å². The van der Waals surface area contributed by atoms with E-state index < -0.39 is 16.9 Å². The maximum Gasteiger partial charge on any atom is 0.342 e. The summed E-state index contributed by atoms with van der Waals surface area (Å²) in [5, 5.41) is 5.35. The zero-order valence-electron chi connectivity index (χ0n) is 9.19. The minimum atomic E-state index is -0.608. The average Bonchev–Trinajstić information content (AvgIpc) is 2.35. The van der Waals surface area contributed by atoms with Crippen molar-refractivity contribution in [1.29, 1.82) is 0 Å². The Morgan fingerprint density at radius 1 is 1.11 bits per heavy atom. The van der Waals surface area contributed by atoms with Gasteiger partial charge in [-0.05, 0) is 15.9 Å². The first-order valence-corrected chi connectivity index (χ1v) is 6.13. The van der Waals surface area contributed by atoms with E-state index in [4.69, 9.17) is 0 Å². The van der Waals surface area contributed by atoms with Crippen LogP contribution in [-0.2, 0) is 5.75 Å². The van der Waals surface area contributed by atoms with E-state index in [0.29, 0.717) is 11.3 Å². The third-order valence-corrected chi connectivity index (χ3v) is 2.61. The monoisotopic (exact) mass is 349 g/mol. The molecule has 0 unspecified atom stereocenters. The van der Waals surface area contributed by atoms with Crippen LogP contribution in [0, 0.1) is 0 Å². The molecule has 2 rings (SSSR count). The summed E-state index contributed by atoms with van der Waals surface area (Å²) in [6.07, 6.45) is 1.36. The SMILES string of the molecule is O=c1[nH]cc(CS)c(=O)[nH]1.O=c1[nH]nc(Br)c(=O)[nH]1. The molecule has 9 nitrogen and oxygen atoms in total. The summed E-state index contributed by atoms with van der Waals surface area (Å²) in [7, 11) is 0. The van der Waals surface area contributed by atoms with Gasteiger partial charge in [0.15, 0.2) is 4.60 Å². The fraction of sp³-hybridized carbons (Fsp3) is 0.125. The van der Waals surface area contributed by atoms with Gasteiger partial charge in [0.05, 0.1) is 0 Å². The first-order valence-electron chi connectivity index (χ1n) is 4.70.